The van der Waals surface area contributed by atoms with Gasteiger partial charge in [-0.15, -0.1) is 0 Å². The van der Waals surface area contributed by atoms with E-state index in [2.05, 4.69) is 61.7 Å². The molecule has 5 N–H and O–H groups in total. The normalized spacial score (nSPS) is 10.7. The fraction of sp³-hybridized carbons (Fsp3) is 0.204. The summed E-state index contributed by atoms with van der Waals surface area (Å²) in [4.78, 5) is 77.4. The molecule has 44 heteroatoms. The van der Waals surface area contributed by atoms with Crippen LogP contribution in [0.2, 0.25) is 0 Å². The van der Waals surface area contributed by atoms with Crippen LogP contribution in [0, 0.1) is 148 Å². The van der Waals surface area contributed by atoms with Crippen molar-refractivity contribution in [2.45, 2.75) is 95.5 Å². The molecular weight excluding hydrogens is 1900 g/mol. The number of rotatable bonds is 26. The molecule has 0 aliphatic heterocycles. The average molecular weight is 1980 g/mol. The van der Waals surface area contributed by atoms with Crippen LogP contribution >= 0.6 is 0 Å². The summed E-state index contributed by atoms with van der Waals surface area (Å²) in [5.74, 6) is -12.2. The fourth-order valence-corrected chi connectivity index (χ4v) is 13.4. The highest BCUT2D eigenvalue weighted by atomic mass is 19.2. The van der Waals surface area contributed by atoms with Crippen LogP contribution < -0.4 is 82.8 Å². The molecule has 0 spiro atoms. The monoisotopic (exact) mass is 1980 g/mol. The summed E-state index contributed by atoms with van der Waals surface area (Å²) in [5.41, 5.74) is 2.06. The molecule has 0 amide bonds. The van der Waals surface area contributed by atoms with Crippen LogP contribution in [-0.4, -0.2) is 101 Å². The number of nitrogens with zero attached hydrogens (tertiary/aromatic N) is 12. The number of nitrogens with one attached hydrogen (secondary N) is 5. The van der Waals surface area contributed by atoms with Crippen LogP contribution in [0.15, 0.2) is 194 Å². The Balaban J connectivity index is 0.000000182. The van der Waals surface area contributed by atoms with Crippen LogP contribution in [0.25, 0.3) is 0 Å². The molecule has 0 radical (unpaired) electrons. The molecule has 744 valence electrons. The van der Waals surface area contributed by atoms with Gasteiger partial charge in [0.2, 0.25) is 47.2 Å². The lowest BCUT2D eigenvalue weighted by Crippen LogP contribution is -2.23. The fourth-order valence-electron chi connectivity index (χ4n) is 13.4. The molecule has 0 atom stereocenters. The molecule has 0 saturated carbocycles. The van der Waals surface area contributed by atoms with Gasteiger partial charge in [0.15, 0.2) is 52.0 Å². The Bertz CT molecular complexity index is 7430. The van der Waals surface area contributed by atoms with Gasteiger partial charge in [0.1, 0.15) is 70.0 Å². The zero-order chi connectivity index (χ0) is 103. The van der Waals surface area contributed by atoms with E-state index in [1.807, 2.05) is 32.9 Å². The van der Waals surface area contributed by atoms with Crippen molar-refractivity contribution >= 4 is 58.2 Å². The lowest BCUT2D eigenvalue weighted by atomic mass is 10.1. The van der Waals surface area contributed by atoms with E-state index >= 15 is 0 Å². The quantitative estimate of drug-likeness (QED) is 0.0248. The Morgan fingerprint density at radius 3 is 1.13 bits per heavy atom. The topological polar surface area (TPSA) is 316 Å². The van der Waals surface area contributed by atoms with E-state index in [0.29, 0.717) is 80.7 Å². The maximum atomic E-state index is 14.2. The van der Waals surface area contributed by atoms with Gasteiger partial charge in [-0.2, -0.15) is 48.3 Å². The third-order valence-electron chi connectivity index (χ3n) is 20.8. The third kappa shape index (κ3) is 27.4. The zero-order valence-corrected chi connectivity index (χ0v) is 77.1. The molecule has 28 nitrogen and oxygen atoms in total. The number of methoxy groups -OCH3 is 6. The minimum Gasteiger partial charge on any atom is -0.497 e. The molecule has 0 unspecified atom stereocenters. The van der Waals surface area contributed by atoms with Gasteiger partial charge in [0.25, 0.3) is 11.1 Å². The van der Waals surface area contributed by atoms with Crippen molar-refractivity contribution in [2.75, 3.05) is 69.2 Å². The Hall–Kier alpha value is -16.9. The summed E-state index contributed by atoms with van der Waals surface area (Å²) in [6.45, 7) is 12.5. The molecule has 5 aromatic heterocycles. The molecule has 0 saturated heterocycles. The number of aryl methyl sites for hydroxylation is 5. The Kier molecular flexibility index (Phi) is 35.8. The highest BCUT2D eigenvalue weighted by Gasteiger charge is 2.23. The van der Waals surface area contributed by atoms with Gasteiger partial charge < -0.3 is 68.7 Å². The predicted molar refractivity (Wildman–Crippen MR) is 498 cm³/mol. The Morgan fingerprint density at radius 1 is 0.289 bits per heavy atom. The van der Waals surface area contributed by atoms with E-state index in [9.17, 15) is 94.2 Å². The second kappa shape index (κ2) is 47.5. The van der Waals surface area contributed by atoms with Crippen molar-refractivity contribution < 1.29 is 98.7 Å². The summed E-state index contributed by atoms with van der Waals surface area (Å²) in [6, 6.07) is 31.3. The van der Waals surface area contributed by atoms with Crippen LogP contribution in [0.1, 0.15) is 79.9 Å². The number of halogens is 16. The van der Waals surface area contributed by atoms with E-state index in [-0.39, 0.29) is 132 Å². The molecule has 0 aliphatic carbocycles. The molecule has 0 aliphatic rings. The third-order valence-corrected chi connectivity index (χ3v) is 20.8. The average Bonchev–Trinajstić information content (AvgIpc) is 0.816. The zero-order valence-electron chi connectivity index (χ0n) is 77.1. The van der Waals surface area contributed by atoms with E-state index in [1.165, 1.54) is 125 Å². The summed E-state index contributed by atoms with van der Waals surface area (Å²) < 4.78 is 256. The second-order valence-corrected chi connectivity index (χ2v) is 31.0. The van der Waals surface area contributed by atoms with Crippen LogP contribution in [0.4, 0.5) is 128 Å². The predicted octanol–water partition coefficient (Wildman–Crippen LogP) is 19.3. The standard InChI is InChI=1S/C21H23FN4O3.C20H20F2N4O3.C19H15F4N3O2.C19H15F4N3O.C18H12F5N3O2.CH4/c1-12-6-15(9-16(22)7-12)11-26-21(24-20(27)14(3)25-26)23-17-10-19(29-5)18(28-4)8-13(17)2;1-11-5-17(28-3)18(29-4)8-16(11)24-20-25-19(27)9-23-26(20)10-13-6-14(21)12(2)15(22)7-13;1-10-15(3-4-16(28-2)17(10)23)24-19-25-18(27)14(22)9-26(19)8-11-5-12(20)7-13(21)6-11;1-10-3-4-13(20)7-17(10)24-19-25-18(27)16(23)9-26(19)8-12-5-14(21)11(2)15(22)6-12;1-28-10-2-3-11(19)15(6-10)24-18-25-17(27)14(22)8-26(18)7-9-4-12(20)16(23)13(21)5-9;/h6-10H,11H2,1-5H3,(H,23,24,27);5-9H,10H2,1-4H3,(H,24,25,27);3-7,9H,8H2,1-2H3,(H,24,25,27);3-7,9H,8H2,1-2H3,(H,24,25,27);2-6,8H,7H2,1H3,(H,24,25,27);1H4. The highest BCUT2D eigenvalue weighted by Crippen LogP contribution is 2.37. The van der Waals surface area contributed by atoms with Gasteiger partial charge in [-0.25, -0.2) is 66.4 Å². The maximum absolute atomic E-state index is 14.2. The number of hydrogen-bond donors (Lipinski definition) is 5. The molecule has 0 bridgehead atoms. The minimum absolute atomic E-state index is 0. The van der Waals surface area contributed by atoms with Crippen LogP contribution in [0.3, 0.4) is 0 Å². The molecular formula is C98H89F16N17O11. The number of ether oxygens (including phenoxy) is 6. The summed E-state index contributed by atoms with van der Waals surface area (Å²) in [7, 11) is 8.84. The van der Waals surface area contributed by atoms with Gasteiger partial charge in [0.05, 0.1) is 81.1 Å². The first-order valence-corrected chi connectivity index (χ1v) is 41.6. The van der Waals surface area contributed by atoms with Gasteiger partial charge in [-0.3, -0.25) is 24.0 Å². The molecule has 142 heavy (non-hydrogen) atoms. The smallest absolute Gasteiger partial charge is 0.310 e. The number of anilines is 10. The van der Waals surface area contributed by atoms with Gasteiger partial charge >= 0.3 is 16.7 Å². The molecule has 15 aromatic rings. The molecule has 0 fully saturated rings. The van der Waals surface area contributed by atoms with Gasteiger partial charge in [-0.1, -0.05) is 19.6 Å². The van der Waals surface area contributed by atoms with Crippen molar-refractivity contribution in [1.29, 1.82) is 0 Å². The van der Waals surface area contributed by atoms with Gasteiger partial charge in [-0.05, 0) is 215 Å². The Labute approximate surface area is 798 Å². The van der Waals surface area contributed by atoms with Crippen LogP contribution in [0.5, 0.6) is 34.5 Å². The second-order valence-electron chi connectivity index (χ2n) is 31.0. The van der Waals surface area contributed by atoms with Crippen molar-refractivity contribution in [2.24, 2.45) is 0 Å². The highest BCUT2D eigenvalue weighted by molar-refractivity contribution is 5.67. The lowest BCUT2D eigenvalue weighted by Gasteiger charge is -2.17. The lowest BCUT2D eigenvalue weighted by molar-refractivity contribution is 0.355. The number of benzene rings is 10. The SMILES string of the molecule is C.COc1cc(C)c(Nc2nc(=O)c(C)nn2Cc2cc(C)cc(F)c2)cc1OC.COc1cc(C)c(Nc2nc(=O)cnn2Cc2cc(F)c(C)c(F)c2)cc1OC.COc1ccc(F)c(Nc2nc(=O)c(F)cn2Cc2cc(F)c(F)c(F)c2)c1.COc1ccc(Nc2nc(=O)c(F)cn2Cc2cc(F)cc(F)c2)c(C)c1F.Cc1ccc(F)cc1Nc1nc(=O)c(F)cn1Cc1cc(F)c(C)c(F)c1. The van der Waals surface area contributed by atoms with Crippen molar-refractivity contribution in [1.82, 2.24) is 58.2 Å². The first kappa shape index (κ1) is 107. The molecule has 15 rings (SSSR count). The number of hydrogen-bond acceptors (Lipinski definition) is 23. The van der Waals surface area contributed by atoms with Gasteiger partial charge in [0, 0.05) is 82.3 Å². The van der Waals surface area contributed by atoms with Crippen molar-refractivity contribution in [3.8, 4) is 34.5 Å². The number of aromatic nitrogens is 12. The summed E-state index contributed by atoms with van der Waals surface area (Å²) in [6.07, 6.45) is 3.50. The van der Waals surface area contributed by atoms with Crippen molar-refractivity contribution in [3.63, 3.8) is 0 Å². The first-order valence-electron chi connectivity index (χ1n) is 41.6. The maximum Gasteiger partial charge on any atom is 0.310 e. The minimum atomic E-state index is -1.65. The van der Waals surface area contributed by atoms with E-state index in [1.54, 1.807) is 50.9 Å². The van der Waals surface area contributed by atoms with E-state index < -0.39 is 115 Å². The largest absolute Gasteiger partial charge is 0.497 e. The molecule has 10 aromatic carbocycles. The van der Waals surface area contributed by atoms with E-state index in [4.69, 9.17) is 28.4 Å². The summed E-state index contributed by atoms with van der Waals surface area (Å²) in [5, 5.41) is 22.6. The van der Waals surface area contributed by atoms with E-state index in [0.717, 1.165) is 80.9 Å². The van der Waals surface area contributed by atoms with Crippen LogP contribution in [-0.2, 0) is 32.7 Å². The Morgan fingerprint density at radius 2 is 0.676 bits per heavy atom. The summed E-state index contributed by atoms with van der Waals surface area (Å²) >= 11 is 0. The first-order chi connectivity index (χ1) is 66.9. The molecule has 5 heterocycles. The van der Waals surface area contributed by atoms with Crippen molar-refractivity contribution in [3.05, 3.63) is 388 Å².